The maximum atomic E-state index is 5.97. The number of benzene rings is 4. The lowest BCUT2D eigenvalue weighted by atomic mass is 10.0. The van der Waals surface area contributed by atoms with Crippen LogP contribution in [-0.2, 0) is 0 Å². The Hall–Kier alpha value is -6.27. The summed E-state index contributed by atoms with van der Waals surface area (Å²) in [4.78, 5) is 13.5. The zero-order valence-corrected chi connectivity index (χ0v) is 24.8. The second kappa shape index (κ2) is 10.4. The van der Waals surface area contributed by atoms with Crippen LogP contribution in [0.5, 0.6) is 0 Å². The van der Waals surface area contributed by atoms with Gasteiger partial charge in [-0.05, 0) is 91.9 Å². The first kappa shape index (κ1) is 26.2. The van der Waals surface area contributed by atoms with E-state index in [2.05, 4.69) is 59.4 Å². The van der Waals surface area contributed by atoms with Gasteiger partial charge in [0, 0.05) is 50.5 Å². The van der Waals surface area contributed by atoms with Crippen molar-refractivity contribution in [3.8, 4) is 22.5 Å². The Kier molecular flexibility index (Phi) is 5.93. The molecule has 0 radical (unpaired) electrons. The molecule has 6 aromatic heterocycles. The van der Waals surface area contributed by atoms with Crippen LogP contribution >= 0.6 is 0 Å². The minimum absolute atomic E-state index is 0.794. The minimum atomic E-state index is 0.794. The lowest BCUT2D eigenvalue weighted by molar-refractivity contribution is 0.667. The number of hydrogen-bond acceptors (Lipinski definition) is 6. The summed E-state index contributed by atoms with van der Waals surface area (Å²) in [6.07, 6.45) is 5.34. The maximum absolute atomic E-state index is 5.97. The van der Waals surface area contributed by atoms with Gasteiger partial charge < -0.3 is 13.3 Å². The van der Waals surface area contributed by atoms with Gasteiger partial charge in [-0.15, -0.1) is 0 Å². The zero-order chi connectivity index (χ0) is 30.6. The fourth-order valence-corrected chi connectivity index (χ4v) is 6.14. The van der Waals surface area contributed by atoms with E-state index in [0.29, 0.717) is 0 Å². The number of furan rings is 3. The van der Waals surface area contributed by atoms with Crippen LogP contribution in [0.1, 0.15) is 5.56 Å². The number of pyridine rings is 3. The number of rotatable bonds is 2. The molecule has 0 bridgehead atoms. The van der Waals surface area contributed by atoms with Crippen LogP contribution in [0.25, 0.3) is 88.5 Å². The third kappa shape index (κ3) is 4.39. The molecule has 0 atom stereocenters. The highest BCUT2D eigenvalue weighted by atomic mass is 16.3. The van der Waals surface area contributed by atoms with E-state index in [9.17, 15) is 0 Å². The lowest BCUT2D eigenvalue weighted by Gasteiger charge is -2.06. The van der Waals surface area contributed by atoms with Gasteiger partial charge in [0.1, 0.15) is 27.8 Å². The molecule has 0 aliphatic rings. The van der Waals surface area contributed by atoms with Crippen LogP contribution in [0.3, 0.4) is 0 Å². The van der Waals surface area contributed by atoms with Crippen molar-refractivity contribution in [2.24, 2.45) is 0 Å². The topological polar surface area (TPSA) is 78.1 Å². The predicted octanol–water partition coefficient (Wildman–Crippen LogP) is 10.9. The van der Waals surface area contributed by atoms with Crippen molar-refractivity contribution in [2.45, 2.75) is 6.92 Å². The van der Waals surface area contributed by atoms with Crippen molar-refractivity contribution < 1.29 is 13.3 Å². The van der Waals surface area contributed by atoms with Gasteiger partial charge in [-0.2, -0.15) is 0 Å². The highest BCUT2D eigenvalue weighted by Gasteiger charge is 2.12. The van der Waals surface area contributed by atoms with Gasteiger partial charge in [-0.3, -0.25) is 9.97 Å². The molecule has 0 N–H and O–H groups in total. The second-order valence-corrected chi connectivity index (χ2v) is 11.4. The first-order valence-corrected chi connectivity index (χ1v) is 15.1. The smallest absolute Gasteiger partial charge is 0.153 e. The molecule has 6 heterocycles. The van der Waals surface area contributed by atoms with Crippen molar-refractivity contribution in [3.63, 3.8) is 0 Å². The van der Waals surface area contributed by atoms with Crippen LogP contribution in [0.2, 0.25) is 0 Å². The van der Waals surface area contributed by atoms with Crippen LogP contribution in [0.4, 0.5) is 0 Å². The molecule has 6 nitrogen and oxygen atoms in total. The first-order valence-electron chi connectivity index (χ1n) is 15.1. The van der Waals surface area contributed by atoms with Crippen molar-refractivity contribution in [3.05, 3.63) is 139 Å². The van der Waals surface area contributed by atoms with E-state index in [1.807, 2.05) is 72.8 Å². The summed E-state index contributed by atoms with van der Waals surface area (Å²) in [6, 6.07) is 38.7. The maximum Gasteiger partial charge on any atom is 0.153 e. The van der Waals surface area contributed by atoms with Crippen LogP contribution in [0, 0.1) is 6.92 Å². The van der Waals surface area contributed by atoms with Crippen molar-refractivity contribution in [1.82, 2.24) is 15.0 Å². The number of para-hydroxylation sites is 1. The van der Waals surface area contributed by atoms with Crippen LogP contribution in [-0.4, -0.2) is 15.0 Å². The Morgan fingerprint density at radius 3 is 1.89 bits per heavy atom. The first-order chi connectivity index (χ1) is 22.7. The molecule has 46 heavy (non-hydrogen) atoms. The SMILES string of the molecule is Cc1ccc2oc3cccnc3c2c1.c1cc(-c2ccc3oc4ccccc4c3c2)nc(-c2ccc3oc4cnccc4c3c2)c1. The highest BCUT2D eigenvalue weighted by Crippen LogP contribution is 2.34. The van der Waals surface area contributed by atoms with Gasteiger partial charge in [-0.1, -0.05) is 35.9 Å². The molecule has 0 spiro atoms. The average Bonchev–Trinajstić information content (AvgIpc) is 3.79. The summed E-state index contributed by atoms with van der Waals surface area (Å²) in [6.45, 7) is 2.07. The minimum Gasteiger partial charge on any atom is -0.456 e. The number of nitrogens with zero attached hydrogens (tertiary/aromatic N) is 3. The summed E-state index contributed by atoms with van der Waals surface area (Å²) in [5, 5.41) is 5.45. The Labute approximate surface area is 262 Å². The molecule has 0 saturated heterocycles. The average molecular weight is 596 g/mol. The van der Waals surface area contributed by atoms with E-state index in [4.69, 9.17) is 18.2 Å². The molecule has 10 aromatic rings. The molecular weight excluding hydrogens is 570 g/mol. The van der Waals surface area contributed by atoms with Gasteiger partial charge in [0.25, 0.3) is 0 Å². The Morgan fingerprint density at radius 2 is 1.09 bits per heavy atom. The zero-order valence-electron chi connectivity index (χ0n) is 24.8. The summed E-state index contributed by atoms with van der Waals surface area (Å²) in [7, 11) is 0. The second-order valence-electron chi connectivity index (χ2n) is 11.4. The summed E-state index contributed by atoms with van der Waals surface area (Å²) in [5.74, 6) is 0. The van der Waals surface area contributed by atoms with Gasteiger partial charge >= 0.3 is 0 Å². The number of aromatic nitrogens is 3. The molecule has 0 aliphatic carbocycles. The van der Waals surface area contributed by atoms with Crippen molar-refractivity contribution in [1.29, 1.82) is 0 Å². The van der Waals surface area contributed by atoms with E-state index in [0.717, 1.165) is 88.5 Å². The summed E-state index contributed by atoms with van der Waals surface area (Å²) >= 11 is 0. The van der Waals surface area contributed by atoms with Gasteiger partial charge in [0.15, 0.2) is 11.2 Å². The van der Waals surface area contributed by atoms with Gasteiger partial charge in [0.05, 0.1) is 17.6 Å². The van der Waals surface area contributed by atoms with E-state index in [-0.39, 0.29) is 0 Å². The van der Waals surface area contributed by atoms with E-state index in [1.54, 1.807) is 18.6 Å². The standard InChI is InChI=1S/C28H16N2O2.C12H9NO/c1-2-7-25-19(4-1)21-14-17(8-10-26(21)31-25)23-5-3-6-24(30-23)18-9-11-27-22(15-18)20-12-13-29-16-28(20)32-27;1-8-4-5-10-9(7-8)12-11(14-10)3-2-6-13-12/h1-16H;2-7H,1H3. The number of fused-ring (bicyclic) bond motifs is 9. The molecule has 0 unspecified atom stereocenters. The molecule has 0 amide bonds. The van der Waals surface area contributed by atoms with E-state index >= 15 is 0 Å². The van der Waals surface area contributed by atoms with E-state index < -0.39 is 0 Å². The molecule has 4 aromatic carbocycles. The van der Waals surface area contributed by atoms with Crippen molar-refractivity contribution in [2.75, 3.05) is 0 Å². The van der Waals surface area contributed by atoms with Crippen molar-refractivity contribution >= 4 is 65.9 Å². The predicted molar refractivity (Wildman–Crippen MR) is 184 cm³/mol. The quantitative estimate of drug-likeness (QED) is 0.198. The fourth-order valence-electron chi connectivity index (χ4n) is 6.14. The van der Waals surface area contributed by atoms with Crippen LogP contribution in [0.15, 0.2) is 147 Å². The summed E-state index contributed by atoms with van der Waals surface area (Å²) < 4.78 is 17.5. The Bertz CT molecular complexity index is 2600. The molecule has 6 heteroatoms. The van der Waals surface area contributed by atoms with Gasteiger partial charge in [-0.25, -0.2) is 4.98 Å². The normalized spacial score (nSPS) is 11.6. The molecule has 218 valence electrons. The number of aryl methyl sites for hydroxylation is 1. The summed E-state index contributed by atoms with van der Waals surface area (Å²) in [5.41, 5.74) is 11.3. The Balaban J connectivity index is 0.000000174. The lowest BCUT2D eigenvalue weighted by Crippen LogP contribution is -1.88. The highest BCUT2D eigenvalue weighted by molar-refractivity contribution is 6.07. The fraction of sp³-hybridized carbons (Fsp3) is 0.0250. The largest absolute Gasteiger partial charge is 0.456 e. The molecule has 10 rings (SSSR count). The molecule has 0 fully saturated rings. The van der Waals surface area contributed by atoms with Crippen LogP contribution < -0.4 is 0 Å². The van der Waals surface area contributed by atoms with Gasteiger partial charge in [0.2, 0.25) is 0 Å². The third-order valence-electron chi connectivity index (χ3n) is 8.37. The Morgan fingerprint density at radius 1 is 0.457 bits per heavy atom. The molecule has 0 saturated carbocycles. The monoisotopic (exact) mass is 595 g/mol. The third-order valence-corrected chi connectivity index (χ3v) is 8.37. The van der Waals surface area contributed by atoms with E-state index in [1.165, 1.54) is 5.56 Å². The molecule has 0 aliphatic heterocycles. The molecular formula is C40H25N3O3. The number of hydrogen-bond donors (Lipinski definition) is 0.